The van der Waals surface area contributed by atoms with E-state index in [2.05, 4.69) is 43.1 Å². The van der Waals surface area contributed by atoms with Gasteiger partial charge < -0.3 is 43.6 Å². The number of amides is 1. The lowest BCUT2D eigenvalue weighted by molar-refractivity contribution is -0.421. The fourth-order valence-electron chi connectivity index (χ4n) is 11.8. The number of ketones is 1. The maximum Gasteiger partial charge on any atom is 0.407 e. The number of methoxy groups -OCH3 is 1. The molecule has 4 aromatic rings. The van der Waals surface area contributed by atoms with Gasteiger partial charge in [-0.15, -0.1) is 0 Å². The second-order valence-electron chi connectivity index (χ2n) is 18.7. The molecule has 0 spiro atoms. The number of esters is 1. The van der Waals surface area contributed by atoms with Gasteiger partial charge in [0.2, 0.25) is 0 Å². The van der Waals surface area contributed by atoms with Crippen LogP contribution < -0.4 is 14.8 Å². The molecule has 1 amide bonds. The standard InChI is InChI=1S/C54H55NO11/c1-32(2)52-27-34(4)54-43(49(52)64-53(65-52,66-54)29-35-13-7-6-8-14-35)24-37(28-51(59)46(54)23-33(3)48(51)57)30-62-47(56)26-36-19-20-44(45(25-36)60-5)61-22-21-55-50(58)63-31-42-40-17-11-9-15-38(40)39-16-10-12-18-41(39)42/h6-20,23-25,34,42-43,46,49,59H,1,21-22,26-31H2,2-5H3,(H,55,58)/t34-,43+,46-,49-,51-,52-,53?,54-/m1/s1. The molecular weight excluding hydrogens is 839 g/mol. The van der Waals surface area contributed by atoms with Crippen molar-refractivity contribution in [2.75, 3.05) is 33.5 Å². The average Bonchev–Trinajstić information content (AvgIpc) is 3.80. The van der Waals surface area contributed by atoms with Gasteiger partial charge >= 0.3 is 12.1 Å². The molecule has 66 heavy (non-hydrogen) atoms. The summed E-state index contributed by atoms with van der Waals surface area (Å²) in [5.74, 6) is -2.94. The van der Waals surface area contributed by atoms with Crippen molar-refractivity contribution in [3.63, 3.8) is 0 Å². The Bertz CT molecular complexity index is 2630. The fourth-order valence-corrected chi connectivity index (χ4v) is 11.8. The molecule has 10 rings (SSSR count). The van der Waals surface area contributed by atoms with Crippen LogP contribution in [0.15, 0.2) is 133 Å². The first-order chi connectivity index (χ1) is 31.8. The molecule has 2 aliphatic heterocycles. The largest absolute Gasteiger partial charge is 0.493 e. The Morgan fingerprint density at radius 1 is 0.894 bits per heavy atom. The number of rotatable bonds is 14. The zero-order valence-electron chi connectivity index (χ0n) is 37.7. The Labute approximate surface area is 384 Å². The van der Waals surface area contributed by atoms with Gasteiger partial charge in [-0.3, -0.25) is 9.59 Å². The van der Waals surface area contributed by atoms with Gasteiger partial charge in [-0.25, -0.2) is 4.79 Å². The highest BCUT2D eigenvalue weighted by Crippen LogP contribution is 2.68. The van der Waals surface area contributed by atoms with Crippen LogP contribution in [-0.2, 0) is 46.1 Å². The van der Waals surface area contributed by atoms with Crippen LogP contribution in [0.1, 0.15) is 61.8 Å². The third-order valence-electron chi connectivity index (χ3n) is 14.7. The van der Waals surface area contributed by atoms with Gasteiger partial charge in [-0.05, 0) is 88.4 Å². The summed E-state index contributed by atoms with van der Waals surface area (Å²) >= 11 is 0. The molecule has 12 heteroatoms. The Hall–Kier alpha value is -6.05. The van der Waals surface area contributed by atoms with Gasteiger partial charge in [0.25, 0.3) is 5.97 Å². The molecule has 4 aromatic carbocycles. The predicted octanol–water partition coefficient (Wildman–Crippen LogP) is 7.96. The van der Waals surface area contributed by atoms with Crippen LogP contribution >= 0.6 is 0 Å². The number of hydrogen-bond donors (Lipinski definition) is 2. The second-order valence-corrected chi connectivity index (χ2v) is 18.7. The van der Waals surface area contributed by atoms with Crippen LogP contribution in [0.5, 0.6) is 11.5 Å². The smallest absolute Gasteiger partial charge is 0.407 e. The molecule has 3 fully saturated rings. The van der Waals surface area contributed by atoms with E-state index in [1.54, 1.807) is 25.1 Å². The quantitative estimate of drug-likeness (QED) is 0.0722. The van der Waals surface area contributed by atoms with Gasteiger partial charge in [0.15, 0.2) is 17.3 Å². The zero-order valence-corrected chi connectivity index (χ0v) is 37.7. The summed E-state index contributed by atoms with van der Waals surface area (Å²) in [6.07, 6.45) is 3.49. The van der Waals surface area contributed by atoms with E-state index in [-0.39, 0.29) is 56.8 Å². The minimum Gasteiger partial charge on any atom is -0.493 e. The van der Waals surface area contributed by atoms with Crippen molar-refractivity contribution in [3.05, 3.63) is 155 Å². The summed E-state index contributed by atoms with van der Waals surface area (Å²) in [6, 6.07) is 31.4. The summed E-state index contributed by atoms with van der Waals surface area (Å²) in [7, 11) is 1.51. The van der Waals surface area contributed by atoms with E-state index in [0.717, 1.165) is 33.4 Å². The third kappa shape index (κ3) is 7.17. The van der Waals surface area contributed by atoms with Crippen LogP contribution in [0, 0.1) is 17.8 Å². The maximum atomic E-state index is 14.0. The van der Waals surface area contributed by atoms with Gasteiger partial charge in [0.1, 0.15) is 37.1 Å². The normalized spacial score (nSPS) is 29.9. The Kier molecular flexibility index (Phi) is 11.1. The number of fused-ring (bicyclic) bond motifs is 5. The lowest BCUT2D eigenvalue weighted by atomic mass is 9.55. The highest BCUT2D eigenvalue weighted by molar-refractivity contribution is 6.05. The monoisotopic (exact) mass is 893 g/mol. The molecule has 0 radical (unpaired) electrons. The second kappa shape index (κ2) is 16.7. The summed E-state index contributed by atoms with van der Waals surface area (Å²) in [6.45, 7) is 10.6. The van der Waals surface area contributed by atoms with Gasteiger partial charge in [-0.2, -0.15) is 0 Å². The number of alkyl carbamates (subject to hydrolysis) is 1. The van der Waals surface area contributed by atoms with E-state index in [9.17, 15) is 19.5 Å². The summed E-state index contributed by atoms with van der Waals surface area (Å²) in [4.78, 5) is 40.3. The van der Waals surface area contributed by atoms with Crippen LogP contribution in [0.25, 0.3) is 11.1 Å². The van der Waals surface area contributed by atoms with Crippen LogP contribution in [0.3, 0.4) is 0 Å². The Balaban J connectivity index is 0.788. The number of nitrogens with one attached hydrogen (secondary N) is 1. The van der Waals surface area contributed by atoms with Gasteiger partial charge in [0.05, 0.1) is 32.1 Å². The first-order valence-corrected chi connectivity index (χ1v) is 22.8. The number of carbonyl (C=O) groups excluding carboxylic acids is 3. The zero-order chi connectivity index (χ0) is 46.0. The molecule has 3 bridgehead atoms. The minimum absolute atomic E-state index is 0.0404. The lowest BCUT2D eigenvalue weighted by Gasteiger charge is -2.59. The average molecular weight is 894 g/mol. The first kappa shape index (κ1) is 43.8. The highest BCUT2D eigenvalue weighted by atomic mass is 16.9. The number of hydrogen-bond acceptors (Lipinski definition) is 11. The van der Waals surface area contributed by atoms with Gasteiger partial charge in [0, 0.05) is 24.2 Å². The summed E-state index contributed by atoms with van der Waals surface area (Å²) in [5.41, 5.74) is 4.22. The molecule has 0 aromatic heterocycles. The van der Waals surface area contributed by atoms with Crippen molar-refractivity contribution in [1.29, 1.82) is 0 Å². The molecule has 1 unspecified atom stereocenters. The molecule has 2 N–H and O–H groups in total. The first-order valence-electron chi connectivity index (χ1n) is 22.8. The Morgan fingerprint density at radius 2 is 1.61 bits per heavy atom. The summed E-state index contributed by atoms with van der Waals surface area (Å²) < 4.78 is 44.2. The molecule has 342 valence electrons. The molecule has 4 aliphatic carbocycles. The van der Waals surface area contributed by atoms with Crippen molar-refractivity contribution in [2.45, 2.75) is 81.3 Å². The van der Waals surface area contributed by atoms with E-state index in [1.165, 1.54) is 7.11 Å². The highest BCUT2D eigenvalue weighted by Gasteiger charge is 2.79. The van der Waals surface area contributed by atoms with Gasteiger partial charge in [-0.1, -0.05) is 111 Å². The number of aliphatic hydroxyl groups is 1. The van der Waals surface area contributed by atoms with Crippen LogP contribution in [0.2, 0.25) is 0 Å². The van der Waals surface area contributed by atoms with Crippen molar-refractivity contribution in [3.8, 4) is 22.6 Å². The van der Waals surface area contributed by atoms with Crippen molar-refractivity contribution in [2.24, 2.45) is 17.8 Å². The van der Waals surface area contributed by atoms with E-state index < -0.39 is 52.8 Å². The SMILES string of the molecule is C=C(C)[C@]12C[C@@H](C)[C@@]34OC(Cc5ccccc5)(O[C@@H]1[C@@H]3C=C(COC(=O)Cc1ccc(OCCNC(=O)OCC3c5ccccc5-c5ccccc53)c(OC)c1)C[C@]1(O)C(=O)C(C)=C[C@@H]41)O2. The molecule has 1 saturated carbocycles. The number of benzene rings is 4. The third-order valence-corrected chi connectivity index (χ3v) is 14.7. The van der Waals surface area contributed by atoms with Crippen molar-refractivity contribution in [1.82, 2.24) is 5.32 Å². The fraction of sp³-hybridized carbons (Fsp3) is 0.389. The van der Waals surface area contributed by atoms with E-state index >= 15 is 0 Å². The molecular formula is C54H55NO11. The van der Waals surface area contributed by atoms with E-state index in [4.69, 9.17) is 33.2 Å². The topological polar surface area (TPSA) is 148 Å². The minimum atomic E-state index is -1.84. The maximum absolute atomic E-state index is 14.0. The van der Waals surface area contributed by atoms with E-state index in [1.807, 2.05) is 73.7 Å². The van der Waals surface area contributed by atoms with Crippen LogP contribution in [0.4, 0.5) is 4.79 Å². The Morgan fingerprint density at radius 3 is 2.32 bits per heavy atom. The van der Waals surface area contributed by atoms with Crippen molar-refractivity contribution < 1.29 is 52.6 Å². The number of Topliss-reactive ketones (excluding diaryl/α,β-unsaturated/α-hetero) is 1. The summed E-state index contributed by atoms with van der Waals surface area (Å²) in [5, 5.41) is 15.4. The molecule has 12 nitrogen and oxygen atoms in total. The number of carbonyl (C=O) groups is 3. The van der Waals surface area contributed by atoms with Crippen LogP contribution in [-0.4, -0.2) is 85.3 Å². The molecule has 8 atom stereocenters. The molecule has 2 heterocycles. The van der Waals surface area contributed by atoms with E-state index in [0.29, 0.717) is 41.1 Å². The predicted molar refractivity (Wildman–Crippen MR) is 244 cm³/mol. The number of ether oxygens (including phenoxy) is 7. The molecule has 2 saturated heterocycles. The lowest BCUT2D eigenvalue weighted by Crippen LogP contribution is -2.70. The van der Waals surface area contributed by atoms with Crippen molar-refractivity contribution >= 4 is 17.8 Å². The molecule has 6 aliphatic rings.